The maximum Gasteiger partial charge on any atom is 0.247 e. The maximum absolute atomic E-state index is 13.8. The van der Waals surface area contributed by atoms with Crippen molar-refractivity contribution in [1.29, 1.82) is 0 Å². The molecule has 12 nitrogen and oxygen atoms in total. The average molecular weight is 575 g/mol. The molecule has 0 saturated carbocycles. The van der Waals surface area contributed by atoms with Gasteiger partial charge in [0.2, 0.25) is 17.7 Å². The number of benzene rings is 1. The summed E-state index contributed by atoms with van der Waals surface area (Å²) in [5.41, 5.74) is 13.3. The van der Waals surface area contributed by atoms with Gasteiger partial charge in [0.15, 0.2) is 11.7 Å². The summed E-state index contributed by atoms with van der Waals surface area (Å²) in [6, 6.07) is 6.36. The number of nitrogens with zero attached hydrogens (tertiary/aromatic N) is 2. The van der Waals surface area contributed by atoms with Crippen LogP contribution in [0.2, 0.25) is 0 Å². The van der Waals surface area contributed by atoms with Gasteiger partial charge in [0.1, 0.15) is 5.75 Å². The van der Waals surface area contributed by atoms with E-state index in [-0.39, 0.29) is 36.4 Å². The predicted molar refractivity (Wildman–Crippen MR) is 155 cm³/mol. The van der Waals surface area contributed by atoms with Gasteiger partial charge in [-0.15, -0.1) is 0 Å². The lowest BCUT2D eigenvalue weighted by molar-refractivity contribution is -0.142. The van der Waals surface area contributed by atoms with Gasteiger partial charge in [-0.05, 0) is 62.1 Å². The Balaban J connectivity index is 2.40. The van der Waals surface area contributed by atoms with Crippen molar-refractivity contribution in [3.05, 3.63) is 29.8 Å². The van der Waals surface area contributed by atoms with Crippen LogP contribution < -0.4 is 27.0 Å². The number of aliphatic imine (C=N–C) groups is 1. The Morgan fingerprint density at radius 2 is 1.88 bits per heavy atom. The van der Waals surface area contributed by atoms with Gasteiger partial charge >= 0.3 is 0 Å². The molecule has 12 heteroatoms. The number of fused-ring (bicyclic) bond motifs is 11. The quantitative estimate of drug-likeness (QED) is 0.0861. The van der Waals surface area contributed by atoms with Crippen LogP contribution in [0.4, 0.5) is 0 Å². The molecule has 0 saturated heterocycles. The second-order valence-corrected chi connectivity index (χ2v) is 11.3. The highest BCUT2D eigenvalue weighted by Crippen LogP contribution is 2.27. The molecule has 0 spiro atoms. The SMILES string of the molecule is CC(C)C[C@H]1C(=O)N[C@H](C(=O)C[C@@H](CCCN=C(N)N)C(=O)N(C)C)Cc2ccc(cc2)OCCC[C@@H]1C(=O)NO. The highest BCUT2D eigenvalue weighted by Gasteiger charge is 2.36. The van der Waals surface area contributed by atoms with Gasteiger partial charge < -0.3 is 26.4 Å². The molecule has 1 aromatic rings. The first-order chi connectivity index (χ1) is 19.4. The molecule has 2 aliphatic heterocycles. The van der Waals surface area contributed by atoms with E-state index in [2.05, 4.69) is 10.3 Å². The lowest BCUT2D eigenvalue weighted by atomic mass is 9.81. The Kier molecular flexibility index (Phi) is 13.5. The molecule has 3 amide bonds. The van der Waals surface area contributed by atoms with Crippen LogP contribution in [-0.4, -0.2) is 72.9 Å². The van der Waals surface area contributed by atoms with E-state index in [1.165, 1.54) is 4.90 Å². The Labute approximate surface area is 242 Å². The number of carbonyl (C=O) groups excluding carboxylic acids is 4. The molecule has 0 fully saturated rings. The number of Topliss-reactive ketones (excluding diaryl/α,β-unsaturated/α-hetero) is 1. The zero-order valence-corrected chi connectivity index (χ0v) is 24.6. The monoisotopic (exact) mass is 574 g/mol. The molecule has 0 unspecified atom stereocenters. The average Bonchev–Trinajstić information content (AvgIpc) is 2.92. The summed E-state index contributed by atoms with van der Waals surface area (Å²) in [5, 5.41) is 12.4. The third-order valence-electron chi connectivity index (χ3n) is 7.23. The van der Waals surface area contributed by atoms with Gasteiger partial charge in [-0.1, -0.05) is 26.0 Å². The fraction of sp³-hybridized carbons (Fsp3) is 0.621. The Morgan fingerprint density at radius 1 is 1.20 bits per heavy atom. The fourth-order valence-corrected chi connectivity index (χ4v) is 5.14. The topological polar surface area (TPSA) is 189 Å². The molecule has 2 heterocycles. The van der Waals surface area contributed by atoms with Gasteiger partial charge in [0.25, 0.3) is 0 Å². The number of amides is 3. The molecular weight excluding hydrogens is 528 g/mol. The normalized spacial score (nSPS) is 20.2. The Hall–Kier alpha value is -3.67. The van der Waals surface area contributed by atoms with Crippen molar-refractivity contribution in [3.8, 4) is 5.75 Å². The Morgan fingerprint density at radius 3 is 2.46 bits per heavy atom. The summed E-state index contributed by atoms with van der Waals surface area (Å²) in [5.74, 6) is -3.12. The molecule has 4 atom stereocenters. The second kappa shape index (κ2) is 16.6. The van der Waals surface area contributed by atoms with Crippen LogP contribution in [0.5, 0.6) is 5.75 Å². The summed E-state index contributed by atoms with van der Waals surface area (Å²) in [7, 11) is 3.26. The number of hydrogen-bond donors (Lipinski definition) is 5. The van der Waals surface area contributed by atoms with E-state index in [1.54, 1.807) is 31.7 Å². The second-order valence-electron chi connectivity index (χ2n) is 11.3. The van der Waals surface area contributed by atoms with Crippen molar-refractivity contribution in [1.82, 2.24) is 15.7 Å². The molecular formula is C29H46N6O6. The van der Waals surface area contributed by atoms with E-state index in [1.807, 2.05) is 26.0 Å². The number of rotatable bonds is 11. The standard InChI is InChI=1S/C29H46N6O6/c1-18(2)15-23-22(27(38)34-40)8-6-14-41-21-11-9-19(10-12-21)16-24(33-26(23)37)25(36)17-20(28(39)35(3)4)7-5-13-32-29(30)31/h9-12,18,20,22-24,40H,5-8,13-17H2,1-4H3,(H,33,37)(H,34,38)(H4,30,31,32)/t20-,22+,23-,24+/m1/s1. The minimum absolute atomic E-state index is 0.0421. The van der Waals surface area contributed by atoms with Gasteiger partial charge in [-0.2, -0.15) is 0 Å². The van der Waals surface area contributed by atoms with Crippen LogP contribution in [0.25, 0.3) is 0 Å². The third-order valence-corrected chi connectivity index (χ3v) is 7.23. The first kappa shape index (κ1) is 33.5. The molecule has 228 valence electrons. The molecule has 0 radical (unpaired) electrons. The molecule has 2 aliphatic rings. The van der Waals surface area contributed by atoms with E-state index in [4.69, 9.17) is 16.2 Å². The molecule has 0 aliphatic carbocycles. The summed E-state index contributed by atoms with van der Waals surface area (Å²) in [4.78, 5) is 58.6. The van der Waals surface area contributed by atoms with Crippen LogP contribution in [0.15, 0.2) is 29.3 Å². The van der Waals surface area contributed by atoms with E-state index in [0.717, 1.165) is 5.56 Å². The van der Waals surface area contributed by atoms with Gasteiger partial charge in [-0.25, -0.2) is 5.48 Å². The Bertz CT molecular complexity index is 1050. The van der Waals surface area contributed by atoms with Crippen molar-refractivity contribution in [2.24, 2.45) is 40.1 Å². The fourth-order valence-electron chi connectivity index (χ4n) is 5.14. The van der Waals surface area contributed by atoms with Gasteiger partial charge in [0, 0.05) is 38.9 Å². The van der Waals surface area contributed by atoms with E-state index in [9.17, 15) is 24.4 Å². The number of ketones is 1. The smallest absolute Gasteiger partial charge is 0.247 e. The number of ether oxygens (including phenoxy) is 1. The van der Waals surface area contributed by atoms with Crippen LogP contribution in [0.3, 0.4) is 0 Å². The minimum atomic E-state index is -0.931. The van der Waals surface area contributed by atoms with Crippen molar-refractivity contribution in [2.45, 2.75) is 64.8 Å². The summed E-state index contributed by atoms with van der Waals surface area (Å²) < 4.78 is 5.82. The van der Waals surface area contributed by atoms with E-state index in [0.29, 0.717) is 51.0 Å². The first-order valence-corrected chi connectivity index (χ1v) is 14.2. The van der Waals surface area contributed by atoms with Gasteiger partial charge in [-0.3, -0.25) is 29.4 Å². The van der Waals surface area contributed by atoms with Gasteiger partial charge in [0.05, 0.1) is 18.6 Å². The zero-order valence-electron chi connectivity index (χ0n) is 24.6. The lowest BCUT2D eigenvalue weighted by Gasteiger charge is -2.29. The molecule has 0 aromatic heterocycles. The van der Waals surface area contributed by atoms with Crippen molar-refractivity contribution < 1.29 is 29.1 Å². The maximum atomic E-state index is 13.8. The molecule has 3 rings (SSSR count). The summed E-state index contributed by atoms with van der Waals surface area (Å²) in [6.45, 7) is 4.56. The number of guanidine groups is 1. The number of carbonyl (C=O) groups is 4. The largest absolute Gasteiger partial charge is 0.494 e. The molecule has 7 N–H and O–H groups in total. The number of nitrogens with one attached hydrogen (secondary N) is 2. The van der Waals surface area contributed by atoms with E-state index >= 15 is 0 Å². The molecule has 2 bridgehead atoms. The van der Waals surface area contributed by atoms with Crippen molar-refractivity contribution in [3.63, 3.8) is 0 Å². The van der Waals surface area contributed by atoms with E-state index < -0.39 is 35.6 Å². The van der Waals surface area contributed by atoms with Crippen molar-refractivity contribution in [2.75, 3.05) is 27.2 Å². The van der Waals surface area contributed by atoms with Crippen molar-refractivity contribution >= 4 is 29.5 Å². The lowest BCUT2D eigenvalue weighted by Crippen LogP contribution is -2.49. The predicted octanol–water partition coefficient (Wildman–Crippen LogP) is 1.39. The minimum Gasteiger partial charge on any atom is -0.494 e. The van der Waals surface area contributed by atoms with Crippen LogP contribution >= 0.6 is 0 Å². The van der Waals surface area contributed by atoms with Crippen LogP contribution in [-0.2, 0) is 25.6 Å². The highest BCUT2D eigenvalue weighted by atomic mass is 16.5. The molecule has 41 heavy (non-hydrogen) atoms. The van der Waals surface area contributed by atoms with Crippen LogP contribution in [0.1, 0.15) is 57.9 Å². The number of nitrogens with two attached hydrogens (primary N) is 2. The third kappa shape index (κ3) is 11.0. The zero-order chi connectivity index (χ0) is 30.5. The summed E-state index contributed by atoms with van der Waals surface area (Å²) >= 11 is 0. The van der Waals surface area contributed by atoms with Crippen LogP contribution in [0, 0.1) is 23.7 Å². The number of hydrogen-bond acceptors (Lipinski definition) is 7. The summed E-state index contributed by atoms with van der Waals surface area (Å²) in [6.07, 6.45) is 2.18. The number of hydroxylamine groups is 1. The molecule has 1 aromatic carbocycles. The highest BCUT2D eigenvalue weighted by molar-refractivity contribution is 5.94. The first-order valence-electron chi connectivity index (χ1n) is 14.2.